The van der Waals surface area contributed by atoms with Crippen LogP contribution in [0, 0.1) is 18.6 Å². The number of hydrogen-bond acceptors (Lipinski definition) is 2. The minimum absolute atomic E-state index is 0.280. The number of halogens is 3. The fourth-order valence-electron chi connectivity index (χ4n) is 3.17. The van der Waals surface area contributed by atoms with Gasteiger partial charge < -0.3 is 4.57 Å². The van der Waals surface area contributed by atoms with Crippen LogP contribution in [0.15, 0.2) is 65.3 Å². The molecule has 0 atom stereocenters. The number of rotatable bonds is 3. The monoisotopic (exact) mass is 413 g/mol. The molecule has 0 amide bonds. The molecule has 0 fully saturated rings. The molecule has 26 heavy (non-hydrogen) atoms. The summed E-state index contributed by atoms with van der Waals surface area (Å²) in [6.45, 7) is 1.90. The number of imidazole rings is 1. The lowest BCUT2D eigenvalue weighted by molar-refractivity contribution is 0.618. The number of nitrogens with zero attached hydrogens (tertiary/aromatic N) is 3. The van der Waals surface area contributed by atoms with E-state index in [1.807, 2.05) is 17.6 Å². The van der Waals surface area contributed by atoms with Gasteiger partial charge in [0.25, 0.3) is 0 Å². The zero-order valence-electron chi connectivity index (χ0n) is 13.8. The van der Waals surface area contributed by atoms with Crippen molar-refractivity contribution < 1.29 is 8.78 Å². The number of pyridine rings is 1. The lowest BCUT2D eigenvalue weighted by atomic mass is 9.98. The van der Waals surface area contributed by atoms with E-state index < -0.39 is 0 Å². The molecule has 0 aliphatic rings. The number of aryl methyl sites for hydroxylation is 1. The van der Waals surface area contributed by atoms with Gasteiger partial charge in [0.1, 0.15) is 17.5 Å². The van der Waals surface area contributed by atoms with Crippen molar-refractivity contribution in [1.82, 2.24) is 14.5 Å². The first kappa shape index (κ1) is 16.8. The van der Waals surface area contributed by atoms with Gasteiger partial charge in [-0.15, -0.1) is 0 Å². The molecule has 0 unspecified atom stereocenters. The molecule has 0 radical (unpaired) electrons. The molecule has 2 aromatic carbocycles. The zero-order chi connectivity index (χ0) is 18.3. The van der Waals surface area contributed by atoms with Gasteiger partial charge in [0.2, 0.25) is 0 Å². The van der Waals surface area contributed by atoms with Crippen molar-refractivity contribution in [3.63, 3.8) is 0 Å². The maximum absolute atomic E-state index is 13.4. The first-order valence-corrected chi connectivity index (χ1v) is 8.83. The average molecular weight is 414 g/mol. The van der Waals surface area contributed by atoms with E-state index >= 15 is 0 Å². The molecule has 6 heteroatoms. The Labute approximate surface area is 157 Å². The molecule has 0 saturated heterocycles. The molecule has 0 aliphatic carbocycles. The number of aromatic nitrogens is 3. The number of hydrogen-bond donors (Lipinski definition) is 0. The molecule has 0 bridgehead atoms. The number of fused-ring (bicyclic) bond motifs is 1. The van der Waals surface area contributed by atoms with Crippen LogP contribution >= 0.6 is 15.9 Å². The van der Waals surface area contributed by atoms with Crippen LogP contribution in [-0.4, -0.2) is 14.5 Å². The average Bonchev–Trinajstić information content (AvgIpc) is 2.94. The van der Waals surface area contributed by atoms with Gasteiger partial charge in [-0.05, 0) is 64.3 Å². The molecule has 0 N–H and O–H groups in total. The Hall–Kier alpha value is -2.60. The Morgan fingerprint density at radius 3 is 2.00 bits per heavy atom. The predicted octanol–water partition coefficient (Wildman–Crippen LogP) is 5.42. The molecule has 2 heterocycles. The van der Waals surface area contributed by atoms with Crippen molar-refractivity contribution in [2.75, 3.05) is 0 Å². The largest absolute Gasteiger partial charge is 0.315 e. The highest BCUT2D eigenvalue weighted by molar-refractivity contribution is 9.10. The first-order chi connectivity index (χ1) is 12.5. The Morgan fingerprint density at radius 2 is 1.46 bits per heavy atom. The second kappa shape index (κ2) is 6.61. The van der Waals surface area contributed by atoms with E-state index in [0.29, 0.717) is 5.65 Å². The summed E-state index contributed by atoms with van der Waals surface area (Å²) in [5.74, 6) is 0.163. The summed E-state index contributed by atoms with van der Waals surface area (Å²) >= 11 is 3.45. The second-order valence-electron chi connectivity index (χ2n) is 6.03. The quantitative estimate of drug-likeness (QED) is 0.448. The summed E-state index contributed by atoms with van der Waals surface area (Å²) in [4.78, 5) is 8.91. The van der Waals surface area contributed by atoms with Gasteiger partial charge in [-0.1, -0.05) is 24.3 Å². The van der Waals surface area contributed by atoms with E-state index in [1.165, 1.54) is 24.3 Å². The minimum atomic E-state index is -0.303. The van der Waals surface area contributed by atoms with Crippen LogP contribution in [0.5, 0.6) is 0 Å². The second-order valence-corrected chi connectivity index (χ2v) is 6.95. The van der Waals surface area contributed by atoms with Gasteiger partial charge in [0.05, 0.1) is 11.6 Å². The summed E-state index contributed by atoms with van der Waals surface area (Å²) in [7, 11) is 0. The van der Waals surface area contributed by atoms with Gasteiger partial charge in [0, 0.05) is 10.7 Å². The van der Waals surface area contributed by atoms with Gasteiger partial charge in [0.15, 0.2) is 5.65 Å². The Morgan fingerprint density at radius 1 is 0.923 bits per heavy atom. The highest BCUT2D eigenvalue weighted by atomic mass is 79.9. The third kappa shape index (κ3) is 3.01. The summed E-state index contributed by atoms with van der Waals surface area (Å²) in [6.07, 6.45) is 1.70. The molecular formula is C20H14BrF2N3. The Kier molecular flexibility index (Phi) is 4.28. The van der Waals surface area contributed by atoms with E-state index in [9.17, 15) is 8.78 Å². The van der Waals surface area contributed by atoms with E-state index in [-0.39, 0.29) is 17.7 Å². The lowest BCUT2D eigenvalue weighted by Gasteiger charge is -2.22. The molecule has 0 aliphatic heterocycles. The van der Waals surface area contributed by atoms with Crippen molar-refractivity contribution in [3.8, 4) is 0 Å². The van der Waals surface area contributed by atoms with Crippen LogP contribution in [0.1, 0.15) is 23.0 Å². The summed E-state index contributed by atoms with van der Waals surface area (Å²) in [6, 6.07) is 14.3. The third-order valence-electron chi connectivity index (χ3n) is 4.32. The van der Waals surface area contributed by atoms with E-state index in [4.69, 9.17) is 0 Å². The maximum atomic E-state index is 13.4. The van der Waals surface area contributed by atoms with E-state index in [1.54, 1.807) is 30.5 Å². The van der Waals surface area contributed by atoms with Crippen molar-refractivity contribution >= 4 is 27.1 Å². The number of benzene rings is 2. The molecule has 130 valence electrons. The van der Waals surface area contributed by atoms with Crippen LogP contribution in [0.4, 0.5) is 8.78 Å². The lowest BCUT2D eigenvalue weighted by Crippen LogP contribution is -2.14. The standard InChI is InChI=1S/C20H14BrF2N3/c1-12-25-20-18(10-15(21)11-24-20)26(12)19(13-2-6-16(22)7-3-13)14-4-8-17(23)9-5-14/h2-11,19H,1H3. The first-order valence-electron chi connectivity index (χ1n) is 8.04. The van der Waals surface area contributed by atoms with Crippen LogP contribution in [0.25, 0.3) is 11.2 Å². The summed E-state index contributed by atoms with van der Waals surface area (Å²) in [5, 5.41) is 0. The van der Waals surface area contributed by atoms with Gasteiger partial charge >= 0.3 is 0 Å². The van der Waals surface area contributed by atoms with E-state index in [0.717, 1.165) is 26.9 Å². The molecule has 0 saturated carbocycles. The molecular weight excluding hydrogens is 400 g/mol. The fourth-order valence-corrected chi connectivity index (χ4v) is 3.49. The molecule has 3 nitrogen and oxygen atoms in total. The minimum Gasteiger partial charge on any atom is -0.315 e. The topological polar surface area (TPSA) is 30.7 Å². The van der Waals surface area contributed by atoms with Crippen molar-refractivity contribution in [2.45, 2.75) is 13.0 Å². The molecule has 2 aromatic heterocycles. The Bertz CT molecular complexity index is 1030. The van der Waals surface area contributed by atoms with Crippen LogP contribution in [-0.2, 0) is 0 Å². The maximum Gasteiger partial charge on any atom is 0.177 e. The van der Waals surface area contributed by atoms with Crippen LogP contribution in [0.3, 0.4) is 0 Å². The van der Waals surface area contributed by atoms with Gasteiger partial charge in [-0.3, -0.25) is 0 Å². The van der Waals surface area contributed by atoms with Gasteiger partial charge in [-0.2, -0.15) is 0 Å². The predicted molar refractivity (Wildman–Crippen MR) is 100 cm³/mol. The Balaban J connectivity index is 1.99. The van der Waals surface area contributed by atoms with Crippen molar-refractivity contribution in [2.24, 2.45) is 0 Å². The fraction of sp³-hybridized carbons (Fsp3) is 0.100. The van der Waals surface area contributed by atoms with Crippen molar-refractivity contribution in [3.05, 3.63) is 93.9 Å². The molecule has 4 aromatic rings. The summed E-state index contributed by atoms with van der Waals surface area (Å²) in [5.41, 5.74) is 3.22. The van der Waals surface area contributed by atoms with Crippen LogP contribution in [0.2, 0.25) is 0 Å². The van der Waals surface area contributed by atoms with Crippen LogP contribution < -0.4 is 0 Å². The summed E-state index contributed by atoms with van der Waals surface area (Å²) < 4.78 is 29.8. The SMILES string of the molecule is Cc1nc2ncc(Br)cc2n1C(c1ccc(F)cc1)c1ccc(F)cc1. The molecule has 4 rings (SSSR count). The molecule has 0 spiro atoms. The van der Waals surface area contributed by atoms with Gasteiger partial charge in [-0.25, -0.2) is 18.7 Å². The third-order valence-corrected chi connectivity index (χ3v) is 4.75. The smallest absolute Gasteiger partial charge is 0.177 e. The highest BCUT2D eigenvalue weighted by Crippen LogP contribution is 2.32. The van der Waals surface area contributed by atoms with E-state index in [2.05, 4.69) is 25.9 Å². The zero-order valence-corrected chi connectivity index (χ0v) is 15.4. The van der Waals surface area contributed by atoms with Crippen molar-refractivity contribution in [1.29, 1.82) is 0 Å². The normalized spacial score (nSPS) is 11.4. The highest BCUT2D eigenvalue weighted by Gasteiger charge is 2.22.